The largest absolute Gasteiger partial charge is 0.457 e. The molecule has 0 radical (unpaired) electrons. The zero-order chi connectivity index (χ0) is 30.2. The van der Waals surface area contributed by atoms with Crippen molar-refractivity contribution < 1.29 is 27.1 Å². The van der Waals surface area contributed by atoms with E-state index in [0.717, 1.165) is 64.8 Å². The van der Waals surface area contributed by atoms with Crippen LogP contribution in [0, 0.1) is 11.7 Å². The Labute approximate surface area is 265 Å². The Morgan fingerprint density at radius 2 is 1.48 bits per heavy atom. The standard InChI is InChI=1S/C32H39FN4O5S.ClH/c1-43(39,40)35-28-8-12-31(13-9-28)42-30-10-2-24(3-11-30)22-36-18-14-29(15-19-36)37(23-25-16-20-41-21-17-25)32(38)34-27-6-4-26(33)5-7-27;/h2-13,25,29,35H,14-23H2,1H3,(H,34,38);1H. The fourth-order valence-electron chi connectivity index (χ4n) is 5.58. The lowest BCUT2D eigenvalue weighted by Crippen LogP contribution is -2.50. The zero-order valence-corrected chi connectivity index (χ0v) is 26.4. The SMILES string of the molecule is CS(=O)(=O)Nc1ccc(Oc2ccc(CN3CCC(N(CC4CCOCC4)C(=O)Nc4ccc(F)cc4)CC3)cc2)cc1.Cl. The second kappa shape index (κ2) is 15.6. The number of piperidine rings is 1. The van der Waals surface area contributed by atoms with Gasteiger partial charge in [0.15, 0.2) is 0 Å². The number of anilines is 2. The Morgan fingerprint density at radius 3 is 2.07 bits per heavy atom. The normalized spacial score (nSPS) is 16.5. The molecule has 238 valence electrons. The van der Waals surface area contributed by atoms with Crippen molar-refractivity contribution in [1.82, 2.24) is 9.80 Å². The molecule has 0 spiro atoms. The van der Waals surface area contributed by atoms with Crippen LogP contribution in [-0.4, -0.2) is 69.4 Å². The molecule has 2 heterocycles. The van der Waals surface area contributed by atoms with Crippen LogP contribution < -0.4 is 14.8 Å². The number of urea groups is 1. The van der Waals surface area contributed by atoms with Gasteiger partial charge in [-0.2, -0.15) is 0 Å². The second-order valence-corrected chi connectivity index (χ2v) is 13.0. The summed E-state index contributed by atoms with van der Waals surface area (Å²) >= 11 is 0. The van der Waals surface area contributed by atoms with Gasteiger partial charge < -0.3 is 19.7 Å². The van der Waals surface area contributed by atoms with Gasteiger partial charge in [-0.15, -0.1) is 12.4 Å². The molecule has 9 nitrogen and oxygen atoms in total. The third-order valence-corrected chi connectivity index (χ3v) is 8.48. The van der Waals surface area contributed by atoms with Gasteiger partial charge >= 0.3 is 6.03 Å². The predicted molar refractivity (Wildman–Crippen MR) is 173 cm³/mol. The monoisotopic (exact) mass is 646 g/mol. The van der Waals surface area contributed by atoms with Gasteiger partial charge in [0.2, 0.25) is 10.0 Å². The van der Waals surface area contributed by atoms with Crippen LogP contribution in [0.5, 0.6) is 11.5 Å². The topological polar surface area (TPSA) is 100 Å². The van der Waals surface area contributed by atoms with E-state index >= 15 is 0 Å². The summed E-state index contributed by atoms with van der Waals surface area (Å²) in [5.74, 6) is 1.39. The average molecular weight is 647 g/mol. The Balaban J connectivity index is 0.00000442. The molecule has 5 rings (SSSR count). The lowest BCUT2D eigenvalue weighted by Gasteiger charge is -2.40. The van der Waals surface area contributed by atoms with E-state index in [2.05, 4.69) is 27.1 Å². The highest BCUT2D eigenvalue weighted by molar-refractivity contribution is 7.92. The van der Waals surface area contributed by atoms with Gasteiger partial charge in [0.1, 0.15) is 17.3 Å². The van der Waals surface area contributed by atoms with Crippen molar-refractivity contribution in [2.24, 2.45) is 5.92 Å². The van der Waals surface area contributed by atoms with Gasteiger partial charge in [0.25, 0.3) is 0 Å². The minimum absolute atomic E-state index is 0. The Morgan fingerprint density at radius 1 is 0.909 bits per heavy atom. The molecule has 2 fully saturated rings. The van der Waals surface area contributed by atoms with Crippen molar-refractivity contribution in [2.75, 3.05) is 49.1 Å². The Hall–Kier alpha value is -3.38. The number of rotatable bonds is 10. The van der Waals surface area contributed by atoms with Crippen molar-refractivity contribution in [1.29, 1.82) is 0 Å². The molecule has 0 aliphatic carbocycles. The number of halogens is 2. The molecule has 0 unspecified atom stereocenters. The van der Waals surface area contributed by atoms with Gasteiger partial charge in [-0.3, -0.25) is 9.62 Å². The van der Waals surface area contributed by atoms with E-state index in [9.17, 15) is 17.6 Å². The van der Waals surface area contributed by atoms with Gasteiger partial charge in [0, 0.05) is 56.8 Å². The average Bonchev–Trinajstić information content (AvgIpc) is 2.99. The molecule has 2 amide bonds. The lowest BCUT2D eigenvalue weighted by molar-refractivity contribution is 0.0461. The van der Waals surface area contributed by atoms with Crippen LogP contribution in [0.25, 0.3) is 0 Å². The molecule has 2 aliphatic rings. The summed E-state index contributed by atoms with van der Waals surface area (Å²) < 4.78 is 50.0. The summed E-state index contributed by atoms with van der Waals surface area (Å²) in [6, 6.07) is 20.6. The van der Waals surface area contributed by atoms with Gasteiger partial charge in [-0.05, 0) is 97.8 Å². The molecule has 0 saturated carbocycles. The quantitative estimate of drug-likeness (QED) is 0.267. The van der Waals surface area contributed by atoms with Crippen LogP contribution in [0.15, 0.2) is 72.8 Å². The smallest absolute Gasteiger partial charge is 0.322 e. The van der Waals surface area contributed by atoms with Crippen molar-refractivity contribution >= 4 is 39.8 Å². The number of carbonyl (C=O) groups excluding carboxylic acids is 1. The van der Waals surface area contributed by atoms with E-state index in [0.29, 0.717) is 35.3 Å². The van der Waals surface area contributed by atoms with Crippen LogP contribution in [0.1, 0.15) is 31.2 Å². The number of hydrogen-bond donors (Lipinski definition) is 2. The number of likely N-dealkylation sites (tertiary alicyclic amines) is 1. The molecular formula is C32H40ClFN4O5S. The van der Waals surface area contributed by atoms with Crippen molar-refractivity contribution in [2.45, 2.75) is 38.3 Å². The number of benzene rings is 3. The van der Waals surface area contributed by atoms with E-state index in [1.165, 1.54) is 17.7 Å². The summed E-state index contributed by atoms with van der Waals surface area (Å²) in [6.07, 6.45) is 4.77. The maximum atomic E-state index is 13.4. The van der Waals surface area contributed by atoms with Crippen molar-refractivity contribution in [3.05, 3.63) is 84.2 Å². The number of hydrogen-bond acceptors (Lipinski definition) is 6. The predicted octanol–water partition coefficient (Wildman–Crippen LogP) is 6.34. The molecule has 0 atom stereocenters. The van der Waals surface area contributed by atoms with Crippen molar-refractivity contribution in [3.8, 4) is 11.5 Å². The third-order valence-electron chi connectivity index (χ3n) is 7.87. The number of carbonyl (C=O) groups is 1. The molecular weight excluding hydrogens is 607 g/mol. The van der Waals surface area contributed by atoms with E-state index < -0.39 is 10.0 Å². The van der Waals surface area contributed by atoms with E-state index in [1.54, 1.807) is 36.4 Å². The molecule has 0 bridgehead atoms. The van der Waals surface area contributed by atoms with E-state index in [-0.39, 0.29) is 30.3 Å². The zero-order valence-electron chi connectivity index (χ0n) is 24.8. The first-order valence-electron chi connectivity index (χ1n) is 14.7. The molecule has 44 heavy (non-hydrogen) atoms. The third kappa shape index (κ3) is 10.1. The first-order valence-corrected chi connectivity index (χ1v) is 16.6. The van der Waals surface area contributed by atoms with E-state index in [4.69, 9.17) is 9.47 Å². The van der Waals surface area contributed by atoms with Gasteiger partial charge in [0.05, 0.1) is 6.26 Å². The first-order chi connectivity index (χ1) is 20.7. The van der Waals surface area contributed by atoms with Gasteiger partial charge in [-0.1, -0.05) is 12.1 Å². The Bertz CT molecular complexity index is 1450. The Kier molecular flexibility index (Phi) is 11.9. The summed E-state index contributed by atoms with van der Waals surface area (Å²) in [6.45, 7) is 4.72. The van der Waals surface area contributed by atoms with Crippen LogP contribution in [-0.2, 0) is 21.3 Å². The lowest BCUT2D eigenvalue weighted by atomic mass is 9.96. The maximum absolute atomic E-state index is 13.4. The van der Waals surface area contributed by atoms with Crippen LogP contribution in [0.2, 0.25) is 0 Å². The number of ether oxygens (including phenoxy) is 2. The molecule has 12 heteroatoms. The molecule has 3 aromatic rings. The second-order valence-electron chi connectivity index (χ2n) is 11.3. The van der Waals surface area contributed by atoms with Crippen molar-refractivity contribution in [3.63, 3.8) is 0 Å². The van der Waals surface area contributed by atoms with E-state index in [1.807, 2.05) is 17.0 Å². The highest BCUT2D eigenvalue weighted by atomic mass is 35.5. The first kappa shape index (κ1) is 33.5. The molecule has 3 aromatic carbocycles. The maximum Gasteiger partial charge on any atom is 0.322 e. The minimum atomic E-state index is -3.33. The van der Waals surface area contributed by atoms with Crippen LogP contribution in [0.3, 0.4) is 0 Å². The number of sulfonamides is 1. The minimum Gasteiger partial charge on any atom is -0.457 e. The summed E-state index contributed by atoms with van der Waals surface area (Å²) in [5.41, 5.74) is 2.25. The molecule has 2 N–H and O–H groups in total. The highest BCUT2D eigenvalue weighted by Crippen LogP contribution is 2.26. The summed E-state index contributed by atoms with van der Waals surface area (Å²) in [4.78, 5) is 17.8. The van der Waals surface area contributed by atoms with Crippen LogP contribution in [0.4, 0.5) is 20.6 Å². The summed E-state index contributed by atoms with van der Waals surface area (Å²) in [7, 11) is -3.33. The number of nitrogens with one attached hydrogen (secondary N) is 2. The molecule has 2 saturated heterocycles. The molecule has 0 aromatic heterocycles. The molecule has 2 aliphatic heterocycles. The van der Waals surface area contributed by atoms with Gasteiger partial charge in [-0.25, -0.2) is 17.6 Å². The number of nitrogens with zero attached hydrogens (tertiary/aromatic N) is 2. The number of amides is 2. The highest BCUT2D eigenvalue weighted by Gasteiger charge is 2.30. The van der Waals surface area contributed by atoms with Crippen LogP contribution >= 0.6 is 12.4 Å². The fraction of sp³-hybridized carbons (Fsp3) is 0.406. The fourth-order valence-corrected chi connectivity index (χ4v) is 6.15. The summed E-state index contributed by atoms with van der Waals surface area (Å²) in [5, 5.41) is 2.98.